The van der Waals surface area contributed by atoms with Gasteiger partial charge in [0.15, 0.2) is 5.78 Å². The van der Waals surface area contributed by atoms with Gasteiger partial charge in [-0.3, -0.25) is 4.79 Å². The molecule has 1 N–H and O–H groups in total. The Balaban J connectivity index is 1.88. The van der Waals surface area contributed by atoms with Crippen LogP contribution in [0.1, 0.15) is 41.6 Å². The highest BCUT2D eigenvalue weighted by atomic mass is 19.4. The monoisotopic (exact) mass is 301 g/mol. The number of rotatable bonds is 2. The fourth-order valence-corrected chi connectivity index (χ4v) is 3.43. The minimum atomic E-state index is -4.78. The van der Waals surface area contributed by atoms with Gasteiger partial charge in [0.1, 0.15) is 5.82 Å². The lowest BCUT2D eigenvalue weighted by atomic mass is 9.85. The maximum atomic E-state index is 14.0. The number of ketones is 1. The summed E-state index contributed by atoms with van der Waals surface area (Å²) in [5.74, 6) is -2.33. The Bertz CT molecular complexity index is 557. The predicted octanol–water partition coefficient (Wildman–Crippen LogP) is 3.56. The molecule has 2 atom stereocenters. The predicted molar refractivity (Wildman–Crippen MR) is 68.4 cm³/mol. The van der Waals surface area contributed by atoms with Gasteiger partial charge in [-0.15, -0.1) is 0 Å². The van der Waals surface area contributed by atoms with Crippen molar-refractivity contribution >= 4 is 5.78 Å². The Morgan fingerprint density at radius 3 is 2.33 bits per heavy atom. The minimum Gasteiger partial charge on any atom is -0.311 e. The minimum absolute atomic E-state index is 0.228. The fourth-order valence-electron chi connectivity index (χ4n) is 3.43. The second-order valence-corrected chi connectivity index (χ2v) is 5.84. The SMILES string of the molecule is O=C(c1cccc(C(F)(F)F)c1F)C1CC2CCC(C1)N2. The summed E-state index contributed by atoms with van der Waals surface area (Å²) in [5.41, 5.74) is -1.80. The van der Waals surface area contributed by atoms with E-state index >= 15 is 0 Å². The third-order valence-electron chi connectivity index (χ3n) is 4.41. The van der Waals surface area contributed by atoms with Crippen LogP contribution < -0.4 is 5.32 Å². The molecule has 2 saturated heterocycles. The van der Waals surface area contributed by atoms with E-state index in [1.54, 1.807) is 0 Å². The number of piperidine rings is 1. The second kappa shape index (κ2) is 5.09. The zero-order valence-corrected chi connectivity index (χ0v) is 11.2. The largest absolute Gasteiger partial charge is 0.419 e. The smallest absolute Gasteiger partial charge is 0.311 e. The first kappa shape index (κ1) is 14.5. The molecule has 1 aromatic carbocycles. The van der Waals surface area contributed by atoms with E-state index in [0.29, 0.717) is 18.9 Å². The van der Waals surface area contributed by atoms with E-state index in [9.17, 15) is 22.4 Å². The van der Waals surface area contributed by atoms with E-state index in [0.717, 1.165) is 25.0 Å². The Morgan fingerprint density at radius 2 is 1.76 bits per heavy atom. The molecule has 0 saturated carbocycles. The van der Waals surface area contributed by atoms with Crippen LogP contribution in [0, 0.1) is 11.7 Å². The van der Waals surface area contributed by atoms with Crippen molar-refractivity contribution in [3.05, 3.63) is 35.1 Å². The van der Waals surface area contributed by atoms with Crippen LogP contribution >= 0.6 is 0 Å². The summed E-state index contributed by atoms with van der Waals surface area (Å²) in [6.07, 6.45) is -1.69. The van der Waals surface area contributed by atoms with Gasteiger partial charge in [0.2, 0.25) is 0 Å². The summed E-state index contributed by atoms with van der Waals surface area (Å²) in [6, 6.07) is 3.36. The van der Waals surface area contributed by atoms with Crippen LogP contribution in [0.2, 0.25) is 0 Å². The van der Waals surface area contributed by atoms with Crippen molar-refractivity contribution in [3.63, 3.8) is 0 Å². The van der Waals surface area contributed by atoms with Gasteiger partial charge in [-0.05, 0) is 37.8 Å². The number of alkyl halides is 3. The third kappa shape index (κ3) is 2.69. The quantitative estimate of drug-likeness (QED) is 0.668. The molecule has 2 aliphatic rings. The fraction of sp³-hybridized carbons (Fsp3) is 0.533. The molecule has 1 aromatic rings. The van der Waals surface area contributed by atoms with Gasteiger partial charge >= 0.3 is 6.18 Å². The molecule has 21 heavy (non-hydrogen) atoms. The number of carbonyl (C=O) groups excluding carboxylic acids is 1. The Morgan fingerprint density at radius 1 is 1.14 bits per heavy atom. The summed E-state index contributed by atoms with van der Waals surface area (Å²) in [7, 11) is 0. The number of benzene rings is 1. The van der Waals surface area contributed by atoms with Gasteiger partial charge < -0.3 is 5.32 Å². The Hall–Kier alpha value is -1.43. The first-order chi connectivity index (χ1) is 9.86. The summed E-state index contributed by atoms with van der Waals surface area (Å²) in [5, 5.41) is 3.35. The molecule has 2 unspecified atom stereocenters. The molecule has 2 heterocycles. The summed E-state index contributed by atoms with van der Waals surface area (Å²) in [4.78, 5) is 12.4. The van der Waals surface area contributed by atoms with E-state index in [1.807, 2.05) is 0 Å². The highest BCUT2D eigenvalue weighted by molar-refractivity contribution is 5.98. The van der Waals surface area contributed by atoms with Crippen molar-refractivity contribution in [2.24, 2.45) is 5.92 Å². The highest BCUT2D eigenvalue weighted by Gasteiger charge is 2.40. The molecule has 0 aromatic heterocycles. The molecular weight excluding hydrogens is 286 g/mol. The summed E-state index contributed by atoms with van der Waals surface area (Å²) in [6.45, 7) is 0. The maximum Gasteiger partial charge on any atom is 0.419 e. The van der Waals surface area contributed by atoms with E-state index in [-0.39, 0.29) is 18.0 Å². The number of fused-ring (bicyclic) bond motifs is 2. The van der Waals surface area contributed by atoms with Crippen molar-refractivity contribution in [1.82, 2.24) is 5.32 Å². The molecule has 0 radical (unpaired) electrons. The molecule has 2 fully saturated rings. The topological polar surface area (TPSA) is 29.1 Å². The molecule has 2 bridgehead atoms. The summed E-state index contributed by atoms with van der Waals surface area (Å²) >= 11 is 0. The van der Waals surface area contributed by atoms with Crippen LogP contribution in [0.15, 0.2) is 18.2 Å². The van der Waals surface area contributed by atoms with E-state index in [1.165, 1.54) is 0 Å². The normalized spacial score (nSPS) is 28.7. The van der Waals surface area contributed by atoms with Crippen LogP contribution in [0.3, 0.4) is 0 Å². The van der Waals surface area contributed by atoms with Crippen molar-refractivity contribution in [3.8, 4) is 0 Å². The molecular formula is C15H15F4NO. The van der Waals surface area contributed by atoms with Crippen LogP contribution in [0.25, 0.3) is 0 Å². The molecule has 0 spiro atoms. The lowest BCUT2D eigenvalue weighted by molar-refractivity contribution is -0.140. The van der Waals surface area contributed by atoms with Crippen molar-refractivity contribution in [2.45, 2.75) is 43.9 Å². The standard InChI is InChI=1S/C15H15F4NO/c16-13-11(2-1-3-12(13)15(17,18)19)14(21)8-6-9-4-5-10(7-8)20-9/h1-3,8-10,20H,4-7H2. The van der Waals surface area contributed by atoms with E-state index in [4.69, 9.17) is 0 Å². The second-order valence-electron chi connectivity index (χ2n) is 5.84. The number of hydrogen-bond acceptors (Lipinski definition) is 2. The zero-order chi connectivity index (χ0) is 15.2. The lowest BCUT2D eigenvalue weighted by Gasteiger charge is -2.28. The number of hydrogen-bond donors (Lipinski definition) is 1. The molecule has 6 heteroatoms. The third-order valence-corrected chi connectivity index (χ3v) is 4.41. The number of Topliss-reactive ketones (excluding diaryl/α,β-unsaturated/α-hetero) is 1. The highest BCUT2D eigenvalue weighted by Crippen LogP contribution is 2.36. The molecule has 0 amide bonds. The maximum absolute atomic E-state index is 14.0. The molecule has 3 rings (SSSR count). The first-order valence-electron chi connectivity index (χ1n) is 7.02. The van der Waals surface area contributed by atoms with Crippen LogP contribution in [0.5, 0.6) is 0 Å². The van der Waals surface area contributed by atoms with E-state index < -0.39 is 28.9 Å². The molecule has 0 aliphatic carbocycles. The van der Waals surface area contributed by atoms with Gasteiger partial charge in [-0.25, -0.2) is 4.39 Å². The Kier molecular flexibility index (Phi) is 3.51. The average Bonchev–Trinajstić information content (AvgIpc) is 2.75. The molecule has 114 valence electrons. The van der Waals surface area contributed by atoms with E-state index in [2.05, 4.69) is 5.32 Å². The van der Waals surface area contributed by atoms with Gasteiger partial charge in [-0.2, -0.15) is 13.2 Å². The van der Waals surface area contributed by atoms with Crippen molar-refractivity contribution in [2.75, 3.05) is 0 Å². The van der Waals surface area contributed by atoms with Crippen molar-refractivity contribution in [1.29, 1.82) is 0 Å². The first-order valence-corrected chi connectivity index (χ1v) is 7.02. The van der Waals surface area contributed by atoms with Gasteiger partial charge in [-0.1, -0.05) is 6.07 Å². The number of carbonyl (C=O) groups is 1. The summed E-state index contributed by atoms with van der Waals surface area (Å²) < 4.78 is 52.1. The zero-order valence-electron chi connectivity index (χ0n) is 11.2. The molecule has 2 nitrogen and oxygen atoms in total. The Labute approximate surface area is 119 Å². The van der Waals surface area contributed by atoms with Gasteiger partial charge in [0, 0.05) is 18.0 Å². The van der Waals surface area contributed by atoms with Gasteiger partial charge in [0.25, 0.3) is 0 Å². The number of halogens is 4. The van der Waals surface area contributed by atoms with Gasteiger partial charge in [0.05, 0.1) is 11.1 Å². The number of nitrogens with one attached hydrogen (secondary N) is 1. The van der Waals surface area contributed by atoms with Crippen LogP contribution in [0.4, 0.5) is 17.6 Å². The lowest BCUT2D eigenvalue weighted by Crippen LogP contribution is -2.40. The van der Waals surface area contributed by atoms with Crippen LogP contribution in [-0.4, -0.2) is 17.9 Å². The average molecular weight is 301 g/mol. The van der Waals surface area contributed by atoms with Crippen LogP contribution in [-0.2, 0) is 6.18 Å². The van der Waals surface area contributed by atoms with Crippen molar-refractivity contribution < 1.29 is 22.4 Å². The molecule has 2 aliphatic heterocycles.